The van der Waals surface area contributed by atoms with Gasteiger partial charge in [0.25, 0.3) is 0 Å². The van der Waals surface area contributed by atoms with Crippen LogP contribution in [0.2, 0.25) is 0 Å². The maximum atomic E-state index is 11.9. The predicted octanol–water partition coefficient (Wildman–Crippen LogP) is 1.18. The third-order valence-corrected chi connectivity index (χ3v) is 1.79. The highest BCUT2D eigenvalue weighted by Crippen LogP contribution is 2.25. The summed E-state index contributed by atoms with van der Waals surface area (Å²) < 4.78 is 55.7. The zero-order valence-corrected chi connectivity index (χ0v) is 8.49. The van der Waals surface area contributed by atoms with Crippen LogP contribution in [0.15, 0.2) is 18.2 Å². The fourth-order valence-corrected chi connectivity index (χ4v) is 1.14. The summed E-state index contributed by atoms with van der Waals surface area (Å²) in [6.07, 6.45) is -4.85. The fourth-order valence-electron chi connectivity index (χ4n) is 1.14. The Bertz CT molecular complexity index is 384. The molecule has 1 N–H and O–H groups in total. The van der Waals surface area contributed by atoms with Gasteiger partial charge in [-0.2, -0.15) is 0 Å². The van der Waals surface area contributed by atoms with Crippen LogP contribution in [0.25, 0.3) is 0 Å². The van der Waals surface area contributed by atoms with Crippen molar-refractivity contribution in [3.63, 3.8) is 0 Å². The zero-order valence-electron chi connectivity index (χ0n) is 8.49. The van der Waals surface area contributed by atoms with E-state index in [9.17, 15) is 17.7 Å². The van der Waals surface area contributed by atoms with E-state index in [4.69, 9.17) is 5.02 Å². The summed E-state index contributed by atoms with van der Waals surface area (Å²) >= 11 is 0. The van der Waals surface area contributed by atoms with E-state index in [0.717, 1.165) is 25.3 Å². The smallest absolute Gasteiger partial charge is 0.497 e. The van der Waals surface area contributed by atoms with E-state index in [1.54, 1.807) is 0 Å². The standard InChI is InChI=1S/C8H7BF4O4/c1-15-7-4-5(16-8(10,11)12)2-3-6(7)9(14)17-13/h2-4,14H,1H3. The normalized spacial score (nSPS) is 11.2. The van der Waals surface area contributed by atoms with Crippen LogP contribution in [-0.4, -0.2) is 25.6 Å². The highest BCUT2D eigenvalue weighted by molar-refractivity contribution is 6.60. The van der Waals surface area contributed by atoms with Crippen molar-refractivity contribution in [2.75, 3.05) is 7.11 Å². The van der Waals surface area contributed by atoms with Crippen LogP contribution >= 0.6 is 0 Å². The molecule has 94 valence electrons. The van der Waals surface area contributed by atoms with E-state index in [1.165, 1.54) is 0 Å². The van der Waals surface area contributed by atoms with Gasteiger partial charge in [-0.1, -0.05) is 10.6 Å². The Morgan fingerprint density at radius 3 is 2.41 bits per heavy atom. The maximum absolute atomic E-state index is 11.9. The molecule has 0 saturated carbocycles. The third-order valence-electron chi connectivity index (χ3n) is 1.79. The average Bonchev–Trinajstić information content (AvgIpc) is 2.25. The Kier molecular flexibility index (Phi) is 4.19. The van der Waals surface area contributed by atoms with Crippen LogP contribution in [0.3, 0.4) is 0 Å². The minimum absolute atomic E-state index is 0.162. The van der Waals surface area contributed by atoms with Crippen LogP contribution in [0.1, 0.15) is 0 Å². The van der Waals surface area contributed by atoms with E-state index in [-0.39, 0.29) is 11.2 Å². The number of ether oxygens (including phenoxy) is 2. The number of rotatable bonds is 4. The van der Waals surface area contributed by atoms with E-state index >= 15 is 0 Å². The largest absolute Gasteiger partial charge is 0.573 e. The number of alkyl halides is 3. The van der Waals surface area contributed by atoms with Crippen LogP contribution in [0, 0.1) is 0 Å². The Balaban J connectivity index is 3.00. The van der Waals surface area contributed by atoms with Gasteiger partial charge in [0.15, 0.2) is 0 Å². The molecule has 0 amide bonds. The Hall–Kier alpha value is -1.48. The third kappa shape index (κ3) is 3.79. The van der Waals surface area contributed by atoms with Crippen molar-refractivity contribution in [1.29, 1.82) is 0 Å². The van der Waals surface area contributed by atoms with Crippen LogP contribution in [-0.2, 0) is 4.86 Å². The molecule has 0 aliphatic rings. The molecule has 0 spiro atoms. The lowest BCUT2D eigenvalue weighted by atomic mass is 9.79. The fraction of sp³-hybridized carbons (Fsp3) is 0.250. The molecule has 4 nitrogen and oxygen atoms in total. The van der Waals surface area contributed by atoms with Crippen molar-refractivity contribution in [3.05, 3.63) is 18.2 Å². The van der Waals surface area contributed by atoms with Gasteiger partial charge in [-0.25, -0.2) is 4.86 Å². The minimum atomic E-state index is -4.85. The second-order valence-electron chi connectivity index (χ2n) is 2.89. The van der Waals surface area contributed by atoms with Crippen molar-refractivity contribution in [2.45, 2.75) is 6.36 Å². The average molecular weight is 254 g/mol. The van der Waals surface area contributed by atoms with Crippen molar-refractivity contribution in [2.24, 2.45) is 0 Å². The van der Waals surface area contributed by atoms with Gasteiger partial charge in [-0.05, 0) is 6.07 Å². The van der Waals surface area contributed by atoms with Gasteiger partial charge in [0.05, 0.1) is 7.11 Å². The molecule has 0 heterocycles. The van der Waals surface area contributed by atoms with Crippen molar-refractivity contribution in [3.8, 4) is 11.5 Å². The molecule has 0 aromatic heterocycles. The highest BCUT2D eigenvalue weighted by Gasteiger charge is 2.32. The molecule has 0 saturated heterocycles. The summed E-state index contributed by atoms with van der Waals surface area (Å²) in [4.78, 5) is 3.13. The lowest BCUT2D eigenvalue weighted by molar-refractivity contribution is -0.274. The molecular formula is C8H7BF4O4. The summed E-state index contributed by atoms with van der Waals surface area (Å²) in [6, 6.07) is 2.74. The predicted molar refractivity (Wildman–Crippen MR) is 49.5 cm³/mol. The van der Waals surface area contributed by atoms with E-state index in [1.807, 2.05) is 0 Å². The van der Waals surface area contributed by atoms with E-state index < -0.39 is 19.2 Å². The molecule has 0 fully saturated rings. The Morgan fingerprint density at radius 2 is 1.94 bits per heavy atom. The number of methoxy groups -OCH3 is 1. The highest BCUT2D eigenvalue weighted by atomic mass is 19.4. The summed E-state index contributed by atoms with van der Waals surface area (Å²) in [7, 11) is -0.800. The van der Waals surface area contributed by atoms with Crippen molar-refractivity contribution >= 4 is 12.6 Å². The summed E-state index contributed by atoms with van der Waals surface area (Å²) in [6.45, 7) is 0. The first kappa shape index (κ1) is 13.6. The number of halogens is 4. The van der Waals surface area contributed by atoms with Gasteiger partial charge in [0, 0.05) is 11.5 Å². The quantitative estimate of drug-likeness (QED) is 0.647. The molecule has 0 unspecified atom stereocenters. The Morgan fingerprint density at radius 1 is 1.29 bits per heavy atom. The van der Waals surface area contributed by atoms with Gasteiger partial charge in [-0.3, -0.25) is 0 Å². The molecule has 9 heteroatoms. The topological polar surface area (TPSA) is 47.9 Å². The molecule has 17 heavy (non-hydrogen) atoms. The van der Waals surface area contributed by atoms with E-state index in [0.29, 0.717) is 0 Å². The molecule has 0 aliphatic carbocycles. The second kappa shape index (κ2) is 5.24. The van der Waals surface area contributed by atoms with Crippen molar-refractivity contribution < 1.29 is 37.1 Å². The first-order chi connectivity index (χ1) is 7.87. The lowest BCUT2D eigenvalue weighted by Gasteiger charge is -2.12. The number of hydrogen-bond acceptors (Lipinski definition) is 4. The first-order valence-corrected chi connectivity index (χ1v) is 4.26. The zero-order chi connectivity index (χ0) is 13.1. The van der Waals surface area contributed by atoms with Gasteiger partial charge in [0.2, 0.25) is 0 Å². The molecule has 0 bridgehead atoms. The van der Waals surface area contributed by atoms with Crippen LogP contribution in [0.5, 0.6) is 11.5 Å². The SMILES string of the molecule is COc1cc(OC(F)(F)F)ccc1B(O)OF. The molecule has 1 aromatic carbocycles. The minimum Gasteiger partial charge on any atom is -0.497 e. The molecule has 1 aromatic rings. The van der Waals surface area contributed by atoms with Gasteiger partial charge >= 0.3 is 13.5 Å². The molecule has 0 aliphatic heterocycles. The van der Waals surface area contributed by atoms with Crippen molar-refractivity contribution in [1.82, 2.24) is 0 Å². The van der Waals surface area contributed by atoms with Gasteiger partial charge in [-0.15, -0.1) is 13.2 Å². The van der Waals surface area contributed by atoms with E-state index in [2.05, 4.69) is 14.3 Å². The summed E-state index contributed by atoms with van der Waals surface area (Å²) in [5, 5.41) is 9.02. The summed E-state index contributed by atoms with van der Waals surface area (Å²) in [5.41, 5.74) is -0.162. The van der Waals surface area contributed by atoms with Crippen LogP contribution < -0.4 is 14.9 Å². The lowest BCUT2D eigenvalue weighted by Crippen LogP contribution is -2.32. The number of hydrogen-bond donors (Lipinski definition) is 1. The Labute approximate surface area is 93.8 Å². The summed E-state index contributed by atoms with van der Waals surface area (Å²) in [5.74, 6) is -0.749. The molecule has 1 rings (SSSR count). The van der Waals surface area contributed by atoms with Gasteiger partial charge < -0.3 is 14.5 Å². The molecule has 0 atom stereocenters. The molecular weight excluding hydrogens is 247 g/mol. The van der Waals surface area contributed by atoms with Crippen LogP contribution in [0.4, 0.5) is 17.7 Å². The number of benzene rings is 1. The van der Waals surface area contributed by atoms with Gasteiger partial charge in [0.1, 0.15) is 11.5 Å². The second-order valence-corrected chi connectivity index (χ2v) is 2.89. The maximum Gasteiger partial charge on any atom is 0.573 e. The first-order valence-electron chi connectivity index (χ1n) is 4.26. The molecule has 0 radical (unpaired) electrons. The monoisotopic (exact) mass is 254 g/mol.